The first kappa shape index (κ1) is 17.4. The summed E-state index contributed by atoms with van der Waals surface area (Å²) in [6, 6.07) is 13.5. The molecule has 2 aromatic heterocycles. The summed E-state index contributed by atoms with van der Waals surface area (Å²) >= 11 is 1.45. The number of thioether (sulfide) groups is 1. The molecule has 0 unspecified atom stereocenters. The third-order valence-electron chi connectivity index (χ3n) is 4.19. The van der Waals surface area contributed by atoms with Crippen molar-refractivity contribution >= 4 is 22.7 Å². The molecule has 27 heavy (non-hydrogen) atoms. The number of rotatable bonds is 4. The predicted molar refractivity (Wildman–Crippen MR) is 105 cm³/mol. The van der Waals surface area contributed by atoms with Crippen molar-refractivity contribution in [3.63, 3.8) is 0 Å². The third kappa shape index (κ3) is 3.48. The van der Waals surface area contributed by atoms with Crippen LogP contribution in [0.25, 0.3) is 16.6 Å². The molecule has 7 nitrogen and oxygen atoms in total. The van der Waals surface area contributed by atoms with Crippen molar-refractivity contribution in [1.29, 1.82) is 0 Å². The largest absolute Gasteiger partial charge is 0.309 e. The molecule has 136 valence electrons. The van der Waals surface area contributed by atoms with E-state index in [4.69, 9.17) is 0 Å². The minimum absolute atomic E-state index is 0.127. The van der Waals surface area contributed by atoms with Crippen LogP contribution in [0.1, 0.15) is 29.1 Å². The second-order valence-corrected chi connectivity index (χ2v) is 7.76. The Hall–Kier alpha value is -3.00. The van der Waals surface area contributed by atoms with Crippen molar-refractivity contribution in [2.45, 2.75) is 31.2 Å². The number of benzene rings is 2. The molecular weight excluding hydrogens is 360 g/mol. The monoisotopic (exact) mass is 378 g/mol. The van der Waals surface area contributed by atoms with Gasteiger partial charge in [-0.1, -0.05) is 30.0 Å². The van der Waals surface area contributed by atoms with Crippen LogP contribution in [-0.4, -0.2) is 30.2 Å². The summed E-state index contributed by atoms with van der Waals surface area (Å²) in [6.07, 6.45) is 0. The maximum Gasteiger partial charge on any atom is 0.258 e. The van der Waals surface area contributed by atoms with Crippen molar-refractivity contribution in [2.75, 3.05) is 0 Å². The van der Waals surface area contributed by atoms with Crippen LogP contribution >= 0.6 is 11.8 Å². The van der Waals surface area contributed by atoms with Gasteiger partial charge in [0, 0.05) is 0 Å². The Balaban J connectivity index is 1.67. The molecule has 1 N–H and O–H groups in total. The van der Waals surface area contributed by atoms with Gasteiger partial charge in [0.1, 0.15) is 5.82 Å². The van der Waals surface area contributed by atoms with E-state index in [9.17, 15) is 4.79 Å². The van der Waals surface area contributed by atoms with Gasteiger partial charge in [-0.25, -0.2) is 4.98 Å². The predicted octanol–water partition coefficient (Wildman–Crippen LogP) is 3.37. The first-order valence-electron chi connectivity index (χ1n) is 8.54. The average Bonchev–Trinajstić information content (AvgIpc) is 3.09. The maximum absolute atomic E-state index is 12.3. The van der Waals surface area contributed by atoms with Gasteiger partial charge in [-0.3, -0.25) is 4.79 Å². The van der Waals surface area contributed by atoms with E-state index < -0.39 is 0 Å². The quantitative estimate of drug-likeness (QED) is 0.548. The molecule has 0 aliphatic carbocycles. The molecule has 8 heteroatoms. The fourth-order valence-corrected chi connectivity index (χ4v) is 3.86. The van der Waals surface area contributed by atoms with Gasteiger partial charge in [0.15, 0.2) is 0 Å². The van der Waals surface area contributed by atoms with E-state index in [2.05, 4.69) is 31.6 Å². The molecule has 0 saturated carbocycles. The number of fused-ring (bicyclic) bond motifs is 1. The molecule has 0 saturated heterocycles. The van der Waals surface area contributed by atoms with E-state index in [1.54, 1.807) is 10.7 Å². The number of tetrazole rings is 1. The molecule has 1 atom stereocenters. The molecule has 0 aliphatic rings. The summed E-state index contributed by atoms with van der Waals surface area (Å²) in [5.74, 6) is 0.596. The van der Waals surface area contributed by atoms with Crippen LogP contribution in [0, 0.1) is 13.8 Å². The topological polar surface area (TPSA) is 89.3 Å². The Kier molecular flexibility index (Phi) is 4.49. The number of para-hydroxylation sites is 1. The van der Waals surface area contributed by atoms with E-state index in [0.29, 0.717) is 21.9 Å². The van der Waals surface area contributed by atoms with Gasteiger partial charge in [0.05, 0.1) is 21.8 Å². The Morgan fingerprint density at radius 3 is 2.63 bits per heavy atom. The first-order valence-corrected chi connectivity index (χ1v) is 9.42. The zero-order chi connectivity index (χ0) is 19.0. The second kappa shape index (κ2) is 6.96. The lowest BCUT2D eigenvalue weighted by molar-refractivity contribution is 0.752. The fourth-order valence-electron chi connectivity index (χ4n) is 3.00. The summed E-state index contributed by atoms with van der Waals surface area (Å²) in [4.78, 5) is 19.8. The summed E-state index contributed by atoms with van der Waals surface area (Å²) in [6.45, 7) is 6.05. The number of nitrogens with one attached hydrogen (secondary N) is 1. The maximum atomic E-state index is 12.3. The highest BCUT2D eigenvalue weighted by molar-refractivity contribution is 7.99. The van der Waals surface area contributed by atoms with Crippen LogP contribution in [0.3, 0.4) is 0 Å². The highest BCUT2D eigenvalue weighted by atomic mass is 32.2. The van der Waals surface area contributed by atoms with Crippen molar-refractivity contribution in [1.82, 2.24) is 30.2 Å². The van der Waals surface area contributed by atoms with Crippen LogP contribution < -0.4 is 5.56 Å². The molecule has 0 bridgehead atoms. The number of hydrogen-bond donors (Lipinski definition) is 1. The third-order valence-corrected chi connectivity index (χ3v) is 5.23. The van der Waals surface area contributed by atoms with Gasteiger partial charge in [-0.2, -0.15) is 4.68 Å². The number of aryl methyl sites for hydroxylation is 2. The van der Waals surface area contributed by atoms with E-state index in [1.165, 1.54) is 11.8 Å². The second-order valence-electron chi connectivity index (χ2n) is 6.45. The van der Waals surface area contributed by atoms with Crippen LogP contribution in [-0.2, 0) is 0 Å². The lowest BCUT2D eigenvalue weighted by Gasteiger charge is -2.11. The number of nitrogens with zero attached hydrogens (tertiary/aromatic N) is 5. The Bertz CT molecular complexity index is 1160. The summed E-state index contributed by atoms with van der Waals surface area (Å²) in [5.41, 5.74) is 3.73. The zero-order valence-corrected chi connectivity index (χ0v) is 16.0. The standard InChI is InChI=1S/C19H18N6OS/c1-11-8-12(2)10-14(9-11)25-19(22-23-24-25)27-13(3)17-20-16-7-5-4-6-15(16)18(26)21-17/h4-10,13H,1-3H3,(H,20,21,26)/t13-/m1/s1. The van der Waals surface area contributed by atoms with Crippen molar-refractivity contribution in [3.8, 4) is 5.69 Å². The number of aromatic amines is 1. The lowest BCUT2D eigenvalue weighted by atomic mass is 10.1. The number of H-pyrrole nitrogens is 1. The van der Waals surface area contributed by atoms with Crippen LogP contribution in [0.5, 0.6) is 0 Å². The van der Waals surface area contributed by atoms with Gasteiger partial charge in [0.2, 0.25) is 5.16 Å². The Labute approximate surface area is 159 Å². The molecule has 2 heterocycles. The highest BCUT2D eigenvalue weighted by Gasteiger charge is 2.17. The molecule has 2 aromatic carbocycles. The van der Waals surface area contributed by atoms with Gasteiger partial charge in [0.25, 0.3) is 5.56 Å². The summed E-state index contributed by atoms with van der Waals surface area (Å²) in [7, 11) is 0. The Morgan fingerprint density at radius 2 is 1.85 bits per heavy atom. The molecule has 4 aromatic rings. The number of aromatic nitrogens is 6. The van der Waals surface area contributed by atoms with Crippen molar-refractivity contribution < 1.29 is 0 Å². The van der Waals surface area contributed by atoms with E-state index in [-0.39, 0.29) is 10.8 Å². The molecule has 0 radical (unpaired) electrons. The summed E-state index contributed by atoms with van der Waals surface area (Å²) in [5, 5.41) is 13.2. The van der Waals surface area contributed by atoms with E-state index >= 15 is 0 Å². The van der Waals surface area contributed by atoms with Gasteiger partial charge in [-0.15, -0.1) is 5.10 Å². The van der Waals surface area contributed by atoms with Crippen LogP contribution in [0.2, 0.25) is 0 Å². The molecule has 0 fully saturated rings. The lowest BCUT2D eigenvalue weighted by Crippen LogP contribution is -2.13. The minimum Gasteiger partial charge on any atom is -0.309 e. The highest BCUT2D eigenvalue weighted by Crippen LogP contribution is 2.32. The average molecular weight is 378 g/mol. The fraction of sp³-hybridized carbons (Fsp3) is 0.211. The van der Waals surface area contributed by atoms with E-state index in [1.807, 2.05) is 51.1 Å². The summed E-state index contributed by atoms with van der Waals surface area (Å²) < 4.78 is 1.71. The Morgan fingerprint density at radius 1 is 1.11 bits per heavy atom. The first-order chi connectivity index (χ1) is 13.0. The smallest absolute Gasteiger partial charge is 0.258 e. The molecule has 4 rings (SSSR count). The minimum atomic E-state index is -0.142. The van der Waals surface area contributed by atoms with Gasteiger partial charge < -0.3 is 4.98 Å². The van der Waals surface area contributed by atoms with Gasteiger partial charge in [-0.05, 0) is 66.6 Å². The zero-order valence-electron chi connectivity index (χ0n) is 15.2. The van der Waals surface area contributed by atoms with E-state index in [0.717, 1.165) is 16.8 Å². The van der Waals surface area contributed by atoms with Crippen LogP contribution in [0.4, 0.5) is 0 Å². The number of hydrogen-bond acceptors (Lipinski definition) is 6. The molecule has 0 aliphatic heterocycles. The van der Waals surface area contributed by atoms with Crippen LogP contribution in [0.15, 0.2) is 52.4 Å². The molecule has 0 amide bonds. The van der Waals surface area contributed by atoms with Crippen molar-refractivity contribution in [3.05, 3.63) is 69.8 Å². The molecule has 0 spiro atoms. The normalized spacial score (nSPS) is 12.4. The molecular formula is C19H18N6OS. The SMILES string of the molecule is Cc1cc(C)cc(-n2nnnc2S[C@H](C)c2nc3ccccc3c(=O)[nH]2)c1. The van der Waals surface area contributed by atoms with Gasteiger partial charge >= 0.3 is 0 Å². The van der Waals surface area contributed by atoms with Crippen molar-refractivity contribution in [2.24, 2.45) is 0 Å².